The molecule has 0 saturated heterocycles. The van der Waals surface area contributed by atoms with Gasteiger partial charge in [0.05, 0.1) is 17.4 Å². The van der Waals surface area contributed by atoms with Gasteiger partial charge in [-0.15, -0.1) is 0 Å². The van der Waals surface area contributed by atoms with Gasteiger partial charge in [0.15, 0.2) is 0 Å². The van der Waals surface area contributed by atoms with Crippen LogP contribution in [-0.4, -0.2) is 16.2 Å². The minimum Gasteiger partial charge on any atom is -0.261 e. The van der Waals surface area contributed by atoms with Gasteiger partial charge >= 0.3 is 0 Å². The highest BCUT2D eigenvalue weighted by atomic mass is 15.3. The first-order valence-electron chi connectivity index (χ1n) is 6.80. The van der Waals surface area contributed by atoms with Gasteiger partial charge in [-0.25, -0.2) is 4.98 Å². The predicted molar refractivity (Wildman–Crippen MR) is 86.7 cm³/mol. The van der Waals surface area contributed by atoms with E-state index in [0.29, 0.717) is 0 Å². The second-order valence-corrected chi connectivity index (χ2v) is 4.97. The number of hydrazone groups is 1. The van der Waals surface area contributed by atoms with Crippen LogP contribution in [-0.2, 0) is 0 Å². The lowest BCUT2D eigenvalue weighted by atomic mass is 10.1. The third-order valence-electron chi connectivity index (χ3n) is 3.23. The molecule has 0 aliphatic rings. The minimum atomic E-state index is 0.732. The van der Waals surface area contributed by atoms with Crippen molar-refractivity contribution in [3.8, 4) is 0 Å². The van der Waals surface area contributed by atoms with Crippen molar-refractivity contribution in [1.82, 2.24) is 9.97 Å². The number of anilines is 1. The van der Waals surface area contributed by atoms with Gasteiger partial charge in [0.2, 0.25) is 0 Å². The molecule has 2 heterocycles. The molecule has 0 aliphatic carbocycles. The van der Waals surface area contributed by atoms with Gasteiger partial charge in [0, 0.05) is 11.6 Å². The zero-order chi connectivity index (χ0) is 14.7. The highest BCUT2D eigenvalue weighted by Gasteiger charge is 2.02. The van der Waals surface area contributed by atoms with Crippen LogP contribution in [0.5, 0.6) is 0 Å². The fourth-order valence-electron chi connectivity index (χ4n) is 2.18. The first-order chi connectivity index (χ1) is 10.2. The maximum Gasteiger partial charge on any atom is 0.147 e. The van der Waals surface area contributed by atoms with Gasteiger partial charge < -0.3 is 0 Å². The fourth-order valence-corrected chi connectivity index (χ4v) is 2.18. The van der Waals surface area contributed by atoms with Crippen LogP contribution >= 0.6 is 0 Å². The van der Waals surface area contributed by atoms with Crippen molar-refractivity contribution in [3.63, 3.8) is 0 Å². The molecule has 0 unspecified atom stereocenters. The first-order valence-corrected chi connectivity index (χ1v) is 6.80. The van der Waals surface area contributed by atoms with Crippen LogP contribution in [0.15, 0.2) is 53.8 Å². The smallest absolute Gasteiger partial charge is 0.147 e. The number of fused-ring (bicyclic) bond motifs is 1. The van der Waals surface area contributed by atoms with E-state index in [2.05, 4.69) is 46.5 Å². The number of rotatable bonds is 3. The van der Waals surface area contributed by atoms with Crippen molar-refractivity contribution in [1.29, 1.82) is 0 Å². The van der Waals surface area contributed by atoms with E-state index in [9.17, 15) is 0 Å². The summed E-state index contributed by atoms with van der Waals surface area (Å²) in [6, 6.07) is 13.9. The van der Waals surface area contributed by atoms with Gasteiger partial charge in [0.25, 0.3) is 0 Å². The minimum absolute atomic E-state index is 0.732. The molecule has 2 aromatic heterocycles. The number of aromatic nitrogens is 2. The van der Waals surface area contributed by atoms with Crippen LogP contribution in [0, 0.1) is 13.8 Å². The molecule has 21 heavy (non-hydrogen) atoms. The molecule has 0 aliphatic heterocycles. The van der Waals surface area contributed by atoms with Crippen molar-refractivity contribution in [2.24, 2.45) is 5.10 Å². The Morgan fingerprint density at radius 1 is 1.10 bits per heavy atom. The van der Waals surface area contributed by atoms with Crippen LogP contribution in [0.2, 0.25) is 0 Å². The summed E-state index contributed by atoms with van der Waals surface area (Å²) in [5.41, 5.74) is 7.15. The summed E-state index contributed by atoms with van der Waals surface area (Å²) in [5, 5.41) is 5.35. The van der Waals surface area contributed by atoms with Crippen molar-refractivity contribution in [2.75, 3.05) is 5.43 Å². The third-order valence-corrected chi connectivity index (χ3v) is 3.23. The van der Waals surface area contributed by atoms with Crippen LogP contribution in [0.3, 0.4) is 0 Å². The molecule has 1 aromatic carbocycles. The summed E-state index contributed by atoms with van der Waals surface area (Å²) >= 11 is 0. The molecule has 4 heteroatoms. The Balaban J connectivity index is 1.85. The summed E-state index contributed by atoms with van der Waals surface area (Å²) in [5.74, 6) is 0.732. The Labute approximate surface area is 123 Å². The van der Waals surface area contributed by atoms with Gasteiger partial charge in [-0.1, -0.05) is 17.7 Å². The summed E-state index contributed by atoms with van der Waals surface area (Å²) in [4.78, 5) is 8.74. The second-order valence-electron chi connectivity index (χ2n) is 4.97. The number of nitrogens with zero attached hydrogens (tertiary/aromatic N) is 3. The predicted octanol–water partition coefficient (Wildman–Crippen LogP) is 3.69. The number of nitrogens with one attached hydrogen (secondary N) is 1. The number of benzene rings is 1. The summed E-state index contributed by atoms with van der Waals surface area (Å²) in [6.07, 6.45) is 3.42. The highest BCUT2D eigenvalue weighted by Crippen LogP contribution is 2.21. The van der Waals surface area contributed by atoms with E-state index in [-0.39, 0.29) is 0 Å². The molecule has 0 amide bonds. The molecule has 104 valence electrons. The van der Waals surface area contributed by atoms with E-state index < -0.39 is 0 Å². The van der Waals surface area contributed by atoms with Crippen LogP contribution < -0.4 is 5.43 Å². The molecule has 0 atom stereocenters. The number of aryl methyl sites for hydroxylation is 2. The molecule has 0 spiro atoms. The van der Waals surface area contributed by atoms with Gasteiger partial charge in [0.1, 0.15) is 5.82 Å². The first kappa shape index (κ1) is 13.2. The summed E-state index contributed by atoms with van der Waals surface area (Å²) in [7, 11) is 0. The molecule has 3 rings (SSSR count). The Morgan fingerprint density at radius 2 is 2.00 bits per heavy atom. The van der Waals surface area contributed by atoms with Crippen molar-refractivity contribution >= 4 is 22.9 Å². The lowest BCUT2D eigenvalue weighted by Gasteiger charge is -2.06. The van der Waals surface area contributed by atoms with E-state index in [0.717, 1.165) is 17.0 Å². The number of hydrogen-bond acceptors (Lipinski definition) is 4. The molecule has 0 bridgehead atoms. The van der Waals surface area contributed by atoms with E-state index in [1.807, 2.05) is 30.3 Å². The number of pyridine rings is 2. The van der Waals surface area contributed by atoms with E-state index >= 15 is 0 Å². The second kappa shape index (κ2) is 5.71. The lowest BCUT2D eigenvalue weighted by molar-refractivity contribution is 1.23. The zero-order valence-corrected chi connectivity index (χ0v) is 12.0. The lowest BCUT2D eigenvalue weighted by Crippen LogP contribution is -1.96. The fraction of sp³-hybridized carbons (Fsp3) is 0.118. The molecule has 4 nitrogen and oxygen atoms in total. The topological polar surface area (TPSA) is 50.2 Å². The maximum atomic E-state index is 4.56. The third kappa shape index (κ3) is 3.05. The molecule has 0 fully saturated rings. The highest BCUT2D eigenvalue weighted by molar-refractivity contribution is 5.84. The molecular formula is C17H16N4. The van der Waals surface area contributed by atoms with Crippen molar-refractivity contribution in [3.05, 3.63) is 65.5 Å². The summed E-state index contributed by atoms with van der Waals surface area (Å²) < 4.78 is 0. The molecular weight excluding hydrogens is 260 g/mol. The van der Waals surface area contributed by atoms with Crippen LogP contribution in [0.1, 0.15) is 16.8 Å². The number of hydrogen-bond donors (Lipinski definition) is 1. The molecule has 1 N–H and O–H groups in total. The van der Waals surface area contributed by atoms with E-state index in [4.69, 9.17) is 0 Å². The van der Waals surface area contributed by atoms with Gasteiger partial charge in [-0.3, -0.25) is 10.4 Å². The average Bonchev–Trinajstić information content (AvgIpc) is 2.49. The Morgan fingerprint density at radius 3 is 2.81 bits per heavy atom. The Bertz CT molecular complexity index is 794. The largest absolute Gasteiger partial charge is 0.261 e. The average molecular weight is 276 g/mol. The molecule has 3 aromatic rings. The normalized spacial score (nSPS) is 11.1. The van der Waals surface area contributed by atoms with E-state index in [1.165, 1.54) is 16.5 Å². The molecule has 0 saturated carbocycles. The standard InChI is InChI=1S/C17H16N4/c1-12-6-7-16-15(9-12)13(2)10-17(20-16)21-19-11-14-5-3-4-8-18-14/h3-11H,1-2H3,(H,20,21). The zero-order valence-electron chi connectivity index (χ0n) is 12.0. The van der Waals surface area contributed by atoms with E-state index in [1.54, 1.807) is 12.4 Å². The quantitative estimate of drug-likeness (QED) is 0.586. The van der Waals surface area contributed by atoms with Crippen molar-refractivity contribution < 1.29 is 0 Å². The summed E-state index contributed by atoms with van der Waals surface area (Å²) in [6.45, 7) is 4.17. The van der Waals surface area contributed by atoms with Gasteiger partial charge in [-0.2, -0.15) is 5.10 Å². The molecule has 0 radical (unpaired) electrons. The van der Waals surface area contributed by atoms with Crippen LogP contribution in [0.4, 0.5) is 5.82 Å². The maximum absolute atomic E-state index is 4.56. The van der Waals surface area contributed by atoms with Gasteiger partial charge in [-0.05, 0) is 49.7 Å². The monoisotopic (exact) mass is 276 g/mol. The SMILES string of the molecule is Cc1ccc2nc(NN=Cc3ccccn3)cc(C)c2c1. The Hall–Kier alpha value is -2.75. The Kier molecular flexibility index (Phi) is 3.60. The van der Waals surface area contributed by atoms with Crippen molar-refractivity contribution in [2.45, 2.75) is 13.8 Å². The van der Waals surface area contributed by atoms with Crippen LogP contribution in [0.25, 0.3) is 10.9 Å².